The zero-order valence-corrected chi connectivity index (χ0v) is 19.2. The average molecular weight is 485 g/mol. The molecule has 0 radical (unpaired) electrons. The minimum Gasteiger partial charge on any atom is -0.296 e. The lowest BCUT2D eigenvalue weighted by molar-refractivity contribution is 0.102. The van der Waals surface area contributed by atoms with E-state index in [1.165, 1.54) is 27.8 Å². The highest BCUT2D eigenvalue weighted by Gasteiger charge is 2.27. The van der Waals surface area contributed by atoms with Crippen LogP contribution in [0.2, 0.25) is 10.0 Å². The van der Waals surface area contributed by atoms with Gasteiger partial charge in [-0.05, 0) is 12.1 Å². The third-order valence-electron chi connectivity index (χ3n) is 4.26. The number of hydrogen-bond acceptors (Lipinski definition) is 6. The van der Waals surface area contributed by atoms with Crippen molar-refractivity contribution in [2.75, 3.05) is 18.4 Å². The van der Waals surface area contributed by atoms with E-state index in [4.69, 9.17) is 23.2 Å². The first-order valence-corrected chi connectivity index (χ1v) is 12.0. The average Bonchev–Trinajstić information content (AvgIpc) is 3.17. The SMILES string of the molecule is CCN(CC)S(=O)(=O)c1cc(C(=O)Nc2nnc(-c3ccccc3)s2)c(Cl)cc1Cl. The molecule has 3 rings (SSSR count). The monoisotopic (exact) mass is 484 g/mol. The molecule has 0 bridgehead atoms. The van der Waals surface area contributed by atoms with E-state index in [1.54, 1.807) is 13.8 Å². The van der Waals surface area contributed by atoms with E-state index >= 15 is 0 Å². The Kier molecular flexibility index (Phi) is 7.10. The van der Waals surface area contributed by atoms with Gasteiger partial charge in [-0.2, -0.15) is 4.31 Å². The Balaban J connectivity index is 1.91. The third kappa shape index (κ3) is 4.65. The van der Waals surface area contributed by atoms with Gasteiger partial charge in [0.05, 0.1) is 15.6 Å². The molecule has 158 valence electrons. The van der Waals surface area contributed by atoms with Crippen LogP contribution in [0.15, 0.2) is 47.4 Å². The summed E-state index contributed by atoms with van der Waals surface area (Å²) in [6.45, 7) is 3.98. The number of amides is 1. The highest BCUT2D eigenvalue weighted by Crippen LogP contribution is 2.32. The van der Waals surface area contributed by atoms with Crippen LogP contribution in [0.4, 0.5) is 5.13 Å². The second-order valence-electron chi connectivity index (χ2n) is 6.08. The van der Waals surface area contributed by atoms with Crippen LogP contribution in [0.5, 0.6) is 0 Å². The number of nitrogens with one attached hydrogen (secondary N) is 1. The van der Waals surface area contributed by atoms with Crippen molar-refractivity contribution in [2.45, 2.75) is 18.7 Å². The molecule has 7 nitrogen and oxygen atoms in total. The summed E-state index contributed by atoms with van der Waals surface area (Å²) in [6.07, 6.45) is 0. The maximum absolute atomic E-state index is 12.9. The zero-order chi connectivity index (χ0) is 21.9. The van der Waals surface area contributed by atoms with Gasteiger partial charge in [0.1, 0.15) is 9.90 Å². The summed E-state index contributed by atoms with van der Waals surface area (Å²) in [6, 6.07) is 11.8. The van der Waals surface area contributed by atoms with Crippen molar-refractivity contribution in [1.82, 2.24) is 14.5 Å². The number of aromatic nitrogens is 2. The fraction of sp³-hybridized carbons (Fsp3) is 0.211. The largest absolute Gasteiger partial charge is 0.296 e. The van der Waals surface area contributed by atoms with Crippen LogP contribution in [-0.2, 0) is 10.0 Å². The molecule has 0 unspecified atom stereocenters. The number of halogens is 2. The fourth-order valence-electron chi connectivity index (χ4n) is 2.74. The van der Waals surface area contributed by atoms with Gasteiger partial charge in [0.2, 0.25) is 15.2 Å². The molecule has 0 saturated carbocycles. The van der Waals surface area contributed by atoms with Crippen LogP contribution in [0.25, 0.3) is 10.6 Å². The van der Waals surface area contributed by atoms with Gasteiger partial charge in [-0.15, -0.1) is 10.2 Å². The Labute approximate surface area is 188 Å². The van der Waals surface area contributed by atoms with E-state index in [0.29, 0.717) is 5.01 Å². The van der Waals surface area contributed by atoms with Crippen molar-refractivity contribution in [2.24, 2.45) is 0 Å². The number of hydrogen-bond donors (Lipinski definition) is 1. The number of rotatable bonds is 7. The number of benzene rings is 2. The van der Waals surface area contributed by atoms with Gasteiger partial charge in [-0.3, -0.25) is 10.1 Å². The van der Waals surface area contributed by atoms with Crippen LogP contribution in [0.1, 0.15) is 24.2 Å². The highest BCUT2D eigenvalue weighted by atomic mass is 35.5. The lowest BCUT2D eigenvalue weighted by Gasteiger charge is -2.20. The Morgan fingerprint density at radius 3 is 2.37 bits per heavy atom. The lowest BCUT2D eigenvalue weighted by Crippen LogP contribution is -2.31. The number of nitrogens with zero attached hydrogens (tertiary/aromatic N) is 3. The van der Waals surface area contributed by atoms with E-state index in [-0.39, 0.29) is 38.7 Å². The van der Waals surface area contributed by atoms with E-state index in [2.05, 4.69) is 15.5 Å². The Morgan fingerprint density at radius 1 is 1.07 bits per heavy atom. The van der Waals surface area contributed by atoms with Crippen molar-refractivity contribution < 1.29 is 13.2 Å². The van der Waals surface area contributed by atoms with E-state index in [1.807, 2.05) is 30.3 Å². The molecular weight excluding hydrogens is 467 g/mol. The third-order valence-corrected chi connectivity index (χ3v) is 7.97. The molecule has 0 saturated heterocycles. The topological polar surface area (TPSA) is 92.3 Å². The van der Waals surface area contributed by atoms with Gasteiger partial charge < -0.3 is 0 Å². The Hall–Kier alpha value is -2.04. The highest BCUT2D eigenvalue weighted by molar-refractivity contribution is 7.89. The standard InChI is InChI=1S/C19H18Cl2N4O3S2/c1-3-25(4-2)30(27,28)16-10-13(14(20)11-15(16)21)17(26)22-19-24-23-18(29-19)12-8-6-5-7-9-12/h5-11H,3-4H2,1-2H3,(H,22,24,26). The second kappa shape index (κ2) is 9.40. The van der Waals surface area contributed by atoms with Gasteiger partial charge in [-0.25, -0.2) is 8.42 Å². The molecule has 1 heterocycles. The molecule has 1 N–H and O–H groups in total. The first-order valence-electron chi connectivity index (χ1n) is 8.97. The van der Waals surface area contributed by atoms with Gasteiger partial charge in [0.15, 0.2) is 0 Å². The van der Waals surface area contributed by atoms with Gasteiger partial charge in [-0.1, -0.05) is 78.7 Å². The van der Waals surface area contributed by atoms with Crippen molar-refractivity contribution in [1.29, 1.82) is 0 Å². The fourth-order valence-corrected chi connectivity index (χ4v) is 5.77. The van der Waals surface area contributed by atoms with Crippen molar-refractivity contribution in [3.05, 3.63) is 58.1 Å². The normalized spacial score (nSPS) is 11.6. The first kappa shape index (κ1) is 22.6. The van der Waals surface area contributed by atoms with Crippen LogP contribution >= 0.6 is 34.5 Å². The Morgan fingerprint density at radius 2 is 1.73 bits per heavy atom. The maximum Gasteiger partial charge on any atom is 0.259 e. The molecule has 0 aliphatic rings. The molecule has 0 spiro atoms. The predicted octanol–water partition coefficient (Wildman–Crippen LogP) is 4.79. The van der Waals surface area contributed by atoms with Gasteiger partial charge in [0.25, 0.3) is 5.91 Å². The molecule has 0 aliphatic heterocycles. The van der Waals surface area contributed by atoms with Crippen LogP contribution in [0.3, 0.4) is 0 Å². The van der Waals surface area contributed by atoms with Crippen molar-refractivity contribution >= 4 is 55.6 Å². The maximum atomic E-state index is 12.9. The molecule has 0 aliphatic carbocycles. The summed E-state index contributed by atoms with van der Waals surface area (Å²) in [5.41, 5.74) is 0.843. The predicted molar refractivity (Wildman–Crippen MR) is 120 cm³/mol. The summed E-state index contributed by atoms with van der Waals surface area (Å²) in [7, 11) is -3.87. The first-order chi connectivity index (χ1) is 14.3. The summed E-state index contributed by atoms with van der Waals surface area (Å²) in [4.78, 5) is 12.6. The van der Waals surface area contributed by atoms with Crippen molar-refractivity contribution in [3.8, 4) is 10.6 Å². The molecule has 1 amide bonds. The number of carbonyl (C=O) groups excluding carboxylic acids is 1. The molecule has 30 heavy (non-hydrogen) atoms. The van der Waals surface area contributed by atoms with Crippen LogP contribution in [0, 0.1) is 0 Å². The Bertz CT molecular complexity index is 1160. The summed E-state index contributed by atoms with van der Waals surface area (Å²) in [5.74, 6) is -0.608. The smallest absolute Gasteiger partial charge is 0.259 e. The molecule has 0 fully saturated rings. The van der Waals surface area contributed by atoms with Crippen LogP contribution < -0.4 is 5.32 Å². The lowest BCUT2D eigenvalue weighted by atomic mass is 10.2. The zero-order valence-electron chi connectivity index (χ0n) is 16.1. The van der Waals surface area contributed by atoms with E-state index in [0.717, 1.165) is 5.56 Å². The number of carbonyl (C=O) groups is 1. The quantitative estimate of drug-likeness (QED) is 0.519. The second-order valence-corrected chi connectivity index (χ2v) is 9.78. The molecule has 0 atom stereocenters. The van der Waals surface area contributed by atoms with Gasteiger partial charge in [0, 0.05) is 18.7 Å². The number of anilines is 1. The van der Waals surface area contributed by atoms with Gasteiger partial charge >= 0.3 is 0 Å². The molecule has 2 aromatic carbocycles. The van der Waals surface area contributed by atoms with Crippen molar-refractivity contribution in [3.63, 3.8) is 0 Å². The van der Waals surface area contributed by atoms with E-state index in [9.17, 15) is 13.2 Å². The molecular formula is C19H18Cl2N4O3S2. The minimum atomic E-state index is -3.87. The molecule has 3 aromatic rings. The molecule has 1 aromatic heterocycles. The summed E-state index contributed by atoms with van der Waals surface area (Å²) >= 11 is 13.5. The summed E-state index contributed by atoms with van der Waals surface area (Å²) in [5, 5.41) is 11.5. The van der Waals surface area contributed by atoms with E-state index < -0.39 is 15.9 Å². The molecule has 11 heteroatoms. The van der Waals surface area contributed by atoms with Crippen LogP contribution in [-0.4, -0.2) is 41.9 Å². The minimum absolute atomic E-state index is 0.0248. The summed E-state index contributed by atoms with van der Waals surface area (Å²) < 4.78 is 27.0. The number of sulfonamides is 1.